The summed E-state index contributed by atoms with van der Waals surface area (Å²) in [6.45, 7) is -1.04. The molecule has 12 heteroatoms. The molecular formula is C17H17F2N3O5S2. The number of carbonyl (C=O) groups excluding carboxylic acids is 2. The number of alkyl halides is 2. The van der Waals surface area contributed by atoms with Crippen molar-refractivity contribution >= 4 is 46.2 Å². The standard InChI is InChI=1S/C17H17F2N3O5S2/c1-3-26-13(24)9-28-17-22-21-16(29-17)20-12(23)8-7-10-5-4-6-11(25-2)14(10)27-15(18)19/h4-8,15H,3,9H2,1-2H3,(H,20,21,23)/b8-7+. The summed E-state index contributed by atoms with van der Waals surface area (Å²) in [5, 5.41) is 10.4. The molecule has 1 amide bonds. The smallest absolute Gasteiger partial charge is 0.387 e. The molecule has 2 rings (SSSR count). The van der Waals surface area contributed by atoms with E-state index in [0.29, 0.717) is 10.9 Å². The van der Waals surface area contributed by atoms with Gasteiger partial charge in [0, 0.05) is 11.6 Å². The molecule has 0 bridgehead atoms. The zero-order chi connectivity index (χ0) is 21.2. The summed E-state index contributed by atoms with van der Waals surface area (Å²) in [5.41, 5.74) is 0.239. The minimum Gasteiger partial charge on any atom is -0.493 e. The van der Waals surface area contributed by atoms with E-state index in [1.165, 1.54) is 25.3 Å². The molecule has 1 aromatic heterocycles. The Balaban J connectivity index is 1.99. The number of para-hydroxylation sites is 1. The molecule has 0 aliphatic carbocycles. The van der Waals surface area contributed by atoms with Crippen molar-refractivity contribution in [3.05, 3.63) is 29.8 Å². The van der Waals surface area contributed by atoms with Crippen molar-refractivity contribution in [2.24, 2.45) is 0 Å². The number of anilines is 1. The molecular weight excluding hydrogens is 428 g/mol. The Kier molecular flexibility index (Phi) is 8.80. The zero-order valence-corrected chi connectivity index (χ0v) is 17.0. The lowest BCUT2D eigenvalue weighted by Gasteiger charge is -2.12. The number of esters is 1. The largest absolute Gasteiger partial charge is 0.493 e. The second-order valence-electron chi connectivity index (χ2n) is 5.05. The predicted molar refractivity (Wildman–Crippen MR) is 105 cm³/mol. The summed E-state index contributed by atoms with van der Waals surface area (Å²) in [6.07, 6.45) is 2.45. The quantitative estimate of drug-likeness (QED) is 0.257. The number of ether oxygens (including phenoxy) is 3. The van der Waals surface area contributed by atoms with Gasteiger partial charge in [-0.05, 0) is 19.1 Å². The van der Waals surface area contributed by atoms with Gasteiger partial charge in [0.15, 0.2) is 15.8 Å². The van der Waals surface area contributed by atoms with Gasteiger partial charge in [0.1, 0.15) is 0 Å². The first-order valence-corrected chi connectivity index (χ1v) is 9.96. The molecule has 0 aliphatic heterocycles. The number of hydrogen-bond donors (Lipinski definition) is 1. The highest BCUT2D eigenvalue weighted by atomic mass is 32.2. The van der Waals surface area contributed by atoms with E-state index in [1.54, 1.807) is 13.0 Å². The maximum Gasteiger partial charge on any atom is 0.387 e. The Bertz CT molecular complexity index is 877. The van der Waals surface area contributed by atoms with Crippen LogP contribution in [0.5, 0.6) is 11.5 Å². The lowest BCUT2D eigenvalue weighted by molar-refractivity contribution is -0.139. The van der Waals surface area contributed by atoms with Crippen LogP contribution in [0.3, 0.4) is 0 Å². The van der Waals surface area contributed by atoms with Crippen molar-refractivity contribution in [2.75, 3.05) is 24.8 Å². The van der Waals surface area contributed by atoms with Crippen molar-refractivity contribution in [3.8, 4) is 11.5 Å². The maximum absolute atomic E-state index is 12.6. The first-order chi connectivity index (χ1) is 13.9. The third kappa shape index (κ3) is 7.31. The number of hydrogen-bond acceptors (Lipinski definition) is 9. The molecule has 156 valence electrons. The zero-order valence-electron chi connectivity index (χ0n) is 15.4. The average Bonchev–Trinajstić information content (AvgIpc) is 3.12. The maximum atomic E-state index is 12.6. The van der Waals surface area contributed by atoms with E-state index in [-0.39, 0.29) is 33.9 Å². The lowest BCUT2D eigenvalue weighted by atomic mass is 10.1. The van der Waals surface area contributed by atoms with Crippen LogP contribution in [0, 0.1) is 0 Å². The number of nitrogens with zero attached hydrogens (tertiary/aromatic N) is 2. The van der Waals surface area contributed by atoms with Crippen molar-refractivity contribution in [2.45, 2.75) is 17.9 Å². The molecule has 1 heterocycles. The van der Waals surface area contributed by atoms with E-state index in [0.717, 1.165) is 29.2 Å². The van der Waals surface area contributed by atoms with E-state index in [9.17, 15) is 18.4 Å². The van der Waals surface area contributed by atoms with Gasteiger partial charge in [0.2, 0.25) is 11.0 Å². The predicted octanol–water partition coefficient (Wildman–Crippen LogP) is 3.46. The van der Waals surface area contributed by atoms with Crippen LogP contribution in [-0.4, -0.2) is 48.2 Å². The van der Waals surface area contributed by atoms with Gasteiger partial charge < -0.3 is 14.2 Å². The molecule has 0 aliphatic rings. The Morgan fingerprint density at radius 1 is 1.34 bits per heavy atom. The highest BCUT2D eigenvalue weighted by Crippen LogP contribution is 2.33. The fraction of sp³-hybridized carbons (Fsp3) is 0.294. The van der Waals surface area contributed by atoms with E-state index < -0.39 is 12.5 Å². The molecule has 0 saturated heterocycles. The van der Waals surface area contributed by atoms with Gasteiger partial charge in [-0.15, -0.1) is 10.2 Å². The molecule has 0 fully saturated rings. The van der Waals surface area contributed by atoms with Gasteiger partial charge in [0.25, 0.3) is 0 Å². The average molecular weight is 445 g/mol. The monoisotopic (exact) mass is 445 g/mol. The third-order valence-electron chi connectivity index (χ3n) is 3.11. The van der Waals surface area contributed by atoms with Crippen molar-refractivity contribution in [1.82, 2.24) is 10.2 Å². The van der Waals surface area contributed by atoms with E-state index in [4.69, 9.17) is 9.47 Å². The Morgan fingerprint density at radius 3 is 2.83 bits per heavy atom. The number of nitrogens with one attached hydrogen (secondary N) is 1. The van der Waals surface area contributed by atoms with Crippen molar-refractivity contribution < 1.29 is 32.6 Å². The summed E-state index contributed by atoms with van der Waals surface area (Å²) in [4.78, 5) is 23.4. The normalized spacial score (nSPS) is 10.9. The van der Waals surface area contributed by atoms with Crippen LogP contribution < -0.4 is 14.8 Å². The summed E-state index contributed by atoms with van der Waals surface area (Å²) >= 11 is 2.22. The van der Waals surface area contributed by atoms with Gasteiger partial charge in [0.05, 0.1) is 19.5 Å². The summed E-state index contributed by atoms with van der Waals surface area (Å²) in [5.74, 6) is -0.905. The second-order valence-corrected chi connectivity index (χ2v) is 7.25. The Hall–Kier alpha value is -2.73. The van der Waals surface area contributed by atoms with E-state index >= 15 is 0 Å². The summed E-state index contributed by atoms with van der Waals surface area (Å²) in [6, 6.07) is 4.54. The number of methoxy groups -OCH3 is 1. The molecule has 0 spiro atoms. The van der Waals surface area contributed by atoms with Crippen molar-refractivity contribution in [1.29, 1.82) is 0 Å². The summed E-state index contributed by atoms with van der Waals surface area (Å²) < 4.78 is 40.1. The Labute approximate surface area is 173 Å². The molecule has 2 aromatic rings. The number of halogens is 2. The first-order valence-electron chi connectivity index (χ1n) is 8.15. The van der Waals surface area contributed by atoms with Crippen LogP contribution in [0.2, 0.25) is 0 Å². The number of carbonyl (C=O) groups is 2. The minimum atomic E-state index is -3.04. The Morgan fingerprint density at radius 2 is 2.14 bits per heavy atom. The van der Waals surface area contributed by atoms with Gasteiger partial charge in [-0.3, -0.25) is 14.9 Å². The highest BCUT2D eigenvalue weighted by molar-refractivity contribution is 8.01. The topological polar surface area (TPSA) is 99.6 Å². The molecule has 0 radical (unpaired) electrons. The fourth-order valence-electron chi connectivity index (χ4n) is 1.99. The highest BCUT2D eigenvalue weighted by Gasteiger charge is 2.14. The number of aromatic nitrogens is 2. The van der Waals surface area contributed by atoms with Crippen LogP contribution in [0.4, 0.5) is 13.9 Å². The van der Waals surface area contributed by atoms with Crippen LogP contribution in [0.25, 0.3) is 6.08 Å². The SMILES string of the molecule is CCOC(=O)CSc1nnc(NC(=O)/C=C/c2cccc(OC)c2OC(F)F)s1. The van der Waals surface area contributed by atoms with Crippen LogP contribution >= 0.6 is 23.1 Å². The molecule has 1 N–H and O–H groups in total. The number of benzene rings is 1. The van der Waals surface area contributed by atoms with E-state index in [1.807, 2.05) is 0 Å². The number of amides is 1. The summed E-state index contributed by atoms with van der Waals surface area (Å²) in [7, 11) is 1.32. The van der Waals surface area contributed by atoms with Gasteiger partial charge in [-0.25, -0.2) is 0 Å². The van der Waals surface area contributed by atoms with Crippen molar-refractivity contribution in [3.63, 3.8) is 0 Å². The van der Waals surface area contributed by atoms with Gasteiger partial charge >= 0.3 is 12.6 Å². The second kappa shape index (κ2) is 11.3. The van der Waals surface area contributed by atoms with Crippen LogP contribution in [-0.2, 0) is 14.3 Å². The number of rotatable bonds is 10. The van der Waals surface area contributed by atoms with Crippen LogP contribution in [0.15, 0.2) is 28.6 Å². The number of thioether (sulfide) groups is 1. The molecule has 0 atom stereocenters. The minimum absolute atomic E-state index is 0.0824. The first kappa shape index (κ1) is 22.6. The fourth-order valence-corrected chi connectivity index (χ4v) is 3.55. The van der Waals surface area contributed by atoms with E-state index in [2.05, 4.69) is 20.3 Å². The third-order valence-corrected chi connectivity index (χ3v) is 5.05. The molecule has 8 nitrogen and oxygen atoms in total. The van der Waals surface area contributed by atoms with Crippen LogP contribution in [0.1, 0.15) is 12.5 Å². The van der Waals surface area contributed by atoms with Gasteiger partial charge in [-0.2, -0.15) is 8.78 Å². The lowest BCUT2D eigenvalue weighted by Crippen LogP contribution is -2.08. The molecule has 0 saturated carbocycles. The molecule has 29 heavy (non-hydrogen) atoms. The molecule has 1 aromatic carbocycles. The molecule has 0 unspecified atom stereocenters. The van der Waals surface area contributed by atoms with Gasteiger partial charge in [-0.1, -0.05) is 35.2 Å².